The average Bonchev–Trinajstić information content (AvgIpc) is 3.31. The molecule has 0 aliphatic carbocycles. The predicted molar refractivity (Wildman–Crippen MR) is 252 cm³/mol. The van der Waals surface area contributed by atoms with Gasteiger partial charge in [0.05, 0.1) is 19.8 Å². The Morgan fingerprint density at radius 2 is 0.955 bits per heavy atom. The maximum Gasteiger partial charge on any atom is 0.306 e. The highest BCUT2D eigenvalue weighted by molar-refractivity contribution is 5.70. The van der Waals surface area contributed by atoms with Gasteiger partial charge in [-0.05, 0) is 70.6 Å². The van der Waals surface area contributed by atoms with Crippen LogP contribution in [0.15, 0.2) is 48.6 Å². The number of aliphatic hydroxyl groups excluding tert-OH is 7. The van der Waals surface area contributed by atoms with Crippen LogP contribution in [0, 0.1) is 0 Å². The van der Waals surface area contributed by atoms with Crippen LogP contribution in [0.2, 0.25) is 0 Å². The van der Waals surface area contributed by atoms with Crippen LogP contribution in [0.1, 0.15) is 168 Å². The van der Waals surface area contributed by atoms with E-state index in [1.54, 1.807) is 0 Å². The summed E-state index contributed by atoms with van der Waals surface area (Å²) >= 11 is 0. The lowest BCUT2D eigenvalue weighted by atomic mass is 9.98. The second-order valence-corrected chi connectivity index (χ2v) is 17.6. The van der Waals surface area contributed by atoms with Crippen LogP contribution in [-0.2, 0) is 38.0 Å². The first kappa shape index (κ1) is 59.6. The Kier molecular flexibility index (Phi) is 34.6. The Bertz CT molecular complexity index is 1340. The molecule has 2 heterocycles. The second kappa shape index (κ2) is 38.3. The van der Waals surface area contributed by atoms with E-state index >= 15 is 0 Å². The Hall–Kier alpha value is -2.54. The lowest BCUT2D eigenvalue weighted by Gasteiger charge is -2.42. The normalized spacial score (nSPS) is 26.6. The molecule has 2 aliphatic rings. The largest absolute Gasteiger partial charge is 0.462 e. The SMILES string of the molecule is CC/C=C\C/C=C\C/C=C\CCCCCCCC(=O)OC(COC(=O)CCCCCCC/C=C\CCCCCCCC)COC1OC(COC2OC(CO)C(O)C(O)C2O)C(O)C(O)C1O. The summed E-state index contributed by atoms with van der Waals surface area (Å²) in [4.78, 5) is 25.7. The van der Waals surface area contributed by atoms with E-state index in [0.717, 1.165) is 89.9 Å². The van der Waals surface area contributed by atoms with Gasteiger partial charge in [-0.1, -0.05) is 133 Å². The zero-order valence-corrected chi connectivity index (χ0v) is 40.2. The van der Waals surface area contributed by atoms with Crippen molar-refractivity contribution in [1.29, 1.82) is 0 Å². The van der Waals surface area contributed by atoms with Crippen molar-refractivity contribution in [2.24, 2.45) is 0 Å². The van der Waals surface area contributed by atoms with Crippen LogP contribution in [0.5, 0.6) is 0 Å². The lowest BCUT2D eigenvalue weighted by Crippen LogP contribution is -2.61. The van der Waals surface area contributed by atoms with Crippen molar-refractivity contribution >= 4 is 11.9 Å². The van der Waals surface area contributed by atoms with Crippen molar-refractivity contribution in [3.05, 3.63) is 48.6 Å². The number of carbonyl (C=O) groups excluding carboxylic acids is 2. The molecule has 0 amide bonds. The summed E-state index contributed by atoms with van der Waals surface area (Å²) in [5.41, 5.74) is 0. The van der Waals surface area contributed by atoms with Gasteiger partial charge in [0.25, 0.3) is 0 Å². The summed E-state index contributed by atoms with van der Waals surface area (Å²) in [5, 5.41) is 72.0. The molecule has 2 fully saturated rings. The highest BCUT2D eigenvalue weighted by atomic mass is 16.7. The number of allylic oxidation sites excluding steroid dienone is 8. The van der Waals surface area contributed by atoms with Crippen LogP contribution in [0.3, 0.4) is 0 Å². The van der Waals surface area contributed by atoms with Crippen LogP contribution < -0.4 is 0 Å². The fourth-order valence-electron chi connectivity index (χ4n) is 7.64. The number of unbranched alkanes of at least 4 members (excludes halogenated alkanes) is 16. The van der Waals surface area contributed by atoms with E-state index < -0.39 is 99.3 Å². The molecule has 2 saturated heterocycles. The molecule has 11 atom stereocenters. The first-order valence-corrected chi connectivity index (χ1v) is 25.2. The quantitative estimate of drug-likeness (QED) is 0.0194. The summed E-state index contributed by atoms with van der Waals surface area (Å²) in [5.74, 6) is -0.956. The number of esters is 2. The minimum atomic E-state index is -1.77. The molecule has 11 unspecified atom stereocenters. The topological polar surface area (TPSA) is 231 Å². The third-order valence-electron chi connectivity index (χ3n) is 11.8. The van der Waals surface area contributed by atoms with Gasteiger partial charge >= 0.3 is 11.9 Å². The zero-order valence-electron chi connectivity index (χ0n) is 40.2. The third kappa shape index (κ3) is 26.3. The standard InChI is InChI=1S/C51H88O15/c1-3-5-7-9-11-13-15-17-19-21-23-25-27-29-31-33-42(53)61-36-39(64-43(54)34-32-30-28-26-24-22-20-18-16-14-12-10-8-6-4-2)37-62-50-49(60)47(58)45(56)41(66-50)38-63-51-48(59)46(57)44(55)40(35-52)65-51/h6,8,12,14,17-20,39-41,44-52,55-60H,3-5,7,9-11,13,15-16,21-38H2,1-2H3/b8-6-,14-12-,19-17-,20-18-. The molecule has 66 heavy (non-hydrogen) atoms. The van der Waals surface area contributed by atoms with Crippen LogP contribution in [-0.4, -0.2) is 142 Å². The molecule has 0 radical (unpaired) electrons. The van der Waals surface area contributed by atoms with Crippen molar-refractivity contribution in [3.63, 3.8) is 0 Å². The van der Waals surface area contributed by atoms with Crippen LogP contribution >= 0.6 is 0 Å². The Labute approximate surface area is 395 Å². The first-order chi connectivity index (χ1) is 32.0. The van der Waals surface area contributed by atoms with Gasteiger partial charge in [0, 0.05) is 12.8 Å². The van der Waals surface area contributed by atoms with Crippen molar-refractivity contribution in [2.45, 2.75) is 235 Å². The van der Waals surface area contributed by atoms with Crippen molar-refractivity contribution in [3.8, 4) is 0 Å². The van der Waals surface area contributed by atoms with Gasteiger partial charge in [-0.2, -0.15) is 0 Å². The maximum atomic E-state index is 13.0. The van der Waals surface area contributed by atoms with E-state index in [0.29, 0.717) is 12.8 Å². The summed E-state index contributed by atoms with van der Waals surface area (Å²) < 4.78 is 33.5. The van der Waals surface area contributed by atoms with Gasteiger partial charge < -0.3 is 64.2 Å². The van der Waals surface area contributed by atoms with Gasteiger partial charge in [-0.15, -0.1) is 0 Å². The second-order valence-electron chi connectivity index (χ2n) is 17.6. The highest BCUT2D eigenvalue weighted by Crippen LogP contribution is 2.26. The Morgan fingerprint density at radius 1 is 0.500 bits per heavy atom. The van der Waals surface area contributed by atoms with E-state index in [2.05, 4.69) is 62.5 Å². The number of hydrogen-bond acceptors (Lipinski definition) is 15. The minimum Gasteiger partial charge on any atom is -0.462 e. The zero-order chi connectivity index (χ0) is 48.2. The summed E-state index contributed by atoms with van der Waals surface area (Å²) in [6, 6.07) is 0. The molecular weight excluding hydrogens is 853 g/mol. The van der Waals surface area contributed by atoms with Gasteiger partial charge in [-0.3, -0.25) is 9.59 Å². The highest BCUT2D eigenvalue weighted by Gasteiger charge is 2.47. The molecule has 0 aromatic carbocycles. The van der Waals surface area contributed by atoms with Crippen LogP contribution in [0.25, 0.3) is 0 Å². The minimum absolute atomic E-state index is 0.143. The van der Waals surface area contributed by atoms with E-state index in [4.69, 9.17) is 28.4 Å². The van der Waals surface area contributed by atoms with Gasteiger partial charge in [0.15, 0.2) is 18.7 Å². The number of carbonyl (C=O) groups is 2. The van der Waals surface area contributed by atoms with Crippen molar-refractivity contribution < 1.29 is 73.8 Å². The lowest BCUT2D eigenvalue weighted by molar-refractivity contribution is -0.332. The molecule has 2 aliphatic heterocycles. The molecule has 7 N–H and O–H groups in total. The summed E-state index contributed by atoms with van der Waals surface area (Å²) in [7, 11) is 0. The monoisotopic (exact) mass is 941 g/mol. The van der Waals surface area contributed by atoms with Crippen molar-refractivity contribution in [1.82, 2.24) is 0 Å². The van der Waals surface area contributed by atoms with E-state index in [1.165, 1.54) is 38.5 Å². The molecule has 0 aromatic rings. The number of ether oxygens (including phenoxy) is 6. The van der Waals surface area contributed by atoms with E-state index in [1.807, 2.05) is 0 Å². The fraction of sp³-hybridized carbons (Fsp3) is 0.804. The maximum absolute atomic E-state index is 13.0. The molecule has 0 spiro atoms. The predicted octanol–water partition coefficient (Wildman–Crippen LogP) is 6.71. The molecule has 0 saturated carbocycles. The number of rotatable bonds is 38. The molecule has 0 bridgehead atoms. The van der Waals surface area contributed by atoms with Gasteiger partial charge in [-0.25, -0.2) is 0 Å². The number of hydrogen-bond donors (Lipinski definition) is 7. The van der Waals surface area contributed by atoms with Crippen molar-refractivity contribution in [2.75, 3.05) is 26.4 Å². The third-order valence-corrected chi connectivity index (χ3v) is 11.8. The average molecular weight is 941 g/mol. The molecular formula is C51H88O15. The molecule has 382 valence electrons. The molecule has 2 rings (SSSR count). The van der Waals surface area contributed by atoms with Gasteiger partial charge in [0.2, 0.25) is 0 Å². The first-order valence-electron chi connectivity index (χ1n) is 25.2. The molecule has 0 aromatic heterocycles. The fourth-order valence-corrected chi connectivity index (χ4v) is 7.64. The molecule has 15 nitrogen and oxygen atoms in total. The van der Waals surface area contributed by atoms with Crippen LogP contribution in [0.4, 0.5) is 0 Å². The van der Waals surface area contributed by atoms with E-state index in [-0.39, 0.29) is 19.4 Å². The Morgan fingerprint density at radius 3 is 1.52 bits per heavy atom. The summed E-state index contributed by atoms with van der Waals surface area (Å²) in [6.07, 6.45) is 24.2. The van der Waals surface area contributed by atoms with Gasteiger partial charge in [0.1, 0.15) is 55.4 Å². The van der Waals surface area contributed by atoms with E-state index in [9.17, 15) is 45.3 Å². The smallest absolute Gasteiger partial charge is 0.306 e. The summed E-state index contributed by atoms with van der Waals surface area (Å²) in [6.45, 7) is 2.44. The molecule has 15 heteroatoms. The Balaban J connectivity index is 1.83. The number of aliphatic hydroxyl groups is 7.